The van der Waals surface area contributed by atoms with Crippen LogP contribution in [0.5, 0.6) is 0 Å². The lowest BCUT2D eigenvalue weighted by Crippen LogP contribution is -1.98. The van der Waals surface area contributed by atoms with Crippen LogP contribution in [-0.4, -0.2) is 15.7 Å². The van der Waals surface area contributed by atoms with Crippen molar-refractivity contribution in [1.29, 1.82) is 0 Å². The van der Waals surface area contributed by atoms with Crippen molar-refractivity contribution in [3.63, 3.8) is 0 Å². The first-order chi connectivity index (χ1) is 7.15. The zero-order valence-electron chi connectivity index (χ0n) is 9.50. The first-order valence-corrected chi connectivity index (χ1v) is 6.02. The van der Waals surface area contributed by atoms with Gasteiger partial charge in [0.25, 0.3) is 0 Å². The van der Waals surface area contributed by atoms with Crippen molar-refractivity contribution in [1.82, 2.24) is 9.97 Å². The molecular formula is C12H16N2S. The minimum atomic E-state index is 0.830. The number of nitrogens with zero attached hydrogens (tertiary/aromatic N) is 2. The van der Waals surface area contributed by atoms with E-state index in [9.17, 15) is 0 Å². The summed E-state index contributed by atoms with van der Waals surface area (Å²) in [6, 6.07) is 0. The Morgan fingerprint density at radius 1 is 1.20 bits per heavy atom. The minimum absolute atomic E-state index is 0.830. The monoisotopic (exact) mass is 220 g/mol. The zero-order chi connectivity index (χ0) is 11.3. The van der Waals surface area contributed by atoms with Crippen LogP contribution in [0, 0.1) is 33.1 Å². The molecule has 1 heterocycles. The Morgan fingerprint density at radius 2 is 1.80 bits per heavy atom. The summed E-state index contributed by atoms with van der Waals surface area (Å²) in [6.45, 7) is 6.10. The van der Waals surface area contributed by atoms with Crippen LogP contribution in [0.1, 0.15) is 29.8 Å². The lowest BCUT2D eigenvalue weighted by Gasteiger charge is -2.05. The van der Waals surface area contributed by atoms with E-state index in [1.54, 1.807) is 11.8 Å². The number of rotatable bonds is 4. The Kier molecular flexibility index (Phi) is 4.64. The van der Waals surface area contributed by atoms with Gasteiger partial charge >= 0.3 is 0 Å². The molecule has 2 nitrogen and oxygen atoms in total. The van der Waals surface area contributed by atoms with Crippen LogP contribution in [0.15, 0.2) is 5.16 Å². The summed E-state index contributed by atoms with van der Waals surface area (Å²) in [7, 11) is 0. The Morgan fingerprint density at radius 3 is 2.33 bits per heavy atom. The van der Waals surface area contributed by atoms with Crippen LogP contribution in [0.2, 0.25) is 0 Å². The molecule has 0 aliphatic carbocycles. The highest BCUT2D eigenvalue weighted by Gasteiger charge is 2.04. The van der Waals surface area contributed by atoms with Crippen LogP contribution in [-0.2, 0) is 0 Å². The Balaban J connectivity index is 2.59. The Hall–Kier alpha value is -1.01. The molecule has 0 saturated heterocycles. The van der Waals surface area contributed by atoms with E-state index in [0.717, 1.165) is 35.1 Å². The molecule has 0 aliphatic rings. The van der Waals surface area contributed by atoms with Crippen LogP contribution in [0.25, 0.3) is 0 Å². The summed E-state index contributed by atoms with van der Waals surface area (Å²) in [5.41, 5.74) is 3.33. The molecule has 1 aromatic rings. The van der Waals surface area contributed by atoms with Crippen molar-refractivity contribution in [3.8, 4) is 12.3 Å². The van der Waals surface area contributed by atoms with E-state index in [1.165, 1.54) is 5.56 Å². The molecule has 1 aromatic heterocycles. The standard InChI is InChI=1S/C12H16N2S/c1-5-6-7-8-15-12-13-10(3)9(2)11(4)14-12/h1H,6-8H2,2-4H3. The highest BCUT2D eigenvalue weighted by Crippen LogP contribution is 2.17. The SMILES string of the molecule is C#CCCCSc1nc(C)c(C)c(C)n1. The first-order valence-electron chi connectivity index (χ1n) is 5.03. The quantitative estimate of drug-likeness (QED) is 0.338. The van der Waals surface area contributed by atoms with E-state index >= 15 is 0 Å². The fourth-order valence-corrected chi connectivity index (χ4v) is 2.02. The molecule has 0 radical (unpaired) electrons. The van der Waals surface area contributed by atoms with Gasteiger partial charge in [0.1, 0.15) is 0 Å². The third-order valence-electron chi connectivity index (χ3n) is 2.31. The molecule has 0 atom stereocenters. The summed E-state index contributed by atoms with van der Waals surface area (Å²) in [5, 5.41) is 0.868. The average molecular weight is 220 g/mol. The van der Waals surface area contributed by atoms with E-state index in [2.05, 4.69) is 22.8 Å². The third-order valence-corrected chi connectivity index (χ3v) is 3.24. The molecule has 0 aromatic carbocycles. The predicted octanol–water partition coefficient (Wildman–Crippen LogP) is 2.91. The van der Waals surface area contributed by atoms with Crippen molar-refractivity contribution in [2.75, 3.05) is 5.75 Å². The van der Waals surface area contributed by atoms with Crippen LogP contribution in [0.3, 0.4) is 0 Å². The number of thioether (sulfide) groups is 1. The molecule has 0 amide bonds. The number of hydrogen-bond acceptors (Lipinski definition) is 3. The smallest absolute Gasteiger partial charge is 0.187 e. The van der Waals surface area contributed by atoms with E-state index in [0.29, 0.717) is 0 Å². The number of aromatic nitrogens is 2. The molecule has 3 heteroatoms. The normalized spacial score (nSPS) is 10.0. The average Bonchev–Trinajstić information content (AvgIpc) is 2.21. The number of aryl methyl sites for hydroxylation is 2. The van der Waals surface area contributed by atoms with Gasteiger partial charge in [-0.3, -0.25) is 0 Å². The van der Waals surface area contributed by atoms with E-state index in [4.69, 9.17) is 6.42 Å². The molecule has 0 fully saturated rings. The molecule has 0 aliphatic heterocycles. The van der Waals surface area contributed by atoms with Crippen molar-refractivity contribution in [2.45, 2.75) is 38.8 Å². The molecule has 0 unspecified atom stereocenters. The van der Waals surface area contributed by atoms with Gasteiger partial charge < -0.3 is 0 Å². The van der Waals surface area contributed by atoms with Crippen LogP contribution < -0.4 is 0 Å². The lowest BCUT2D eigenvalue weighted by molar-refractivity contribution is 0.876. The summed E-state index contributed by atoms with van der Waals surface area (Å²) in [5.74, 6) is 3.62. The topological polar surface area (TPSA) is 25.8 Å². The van der Waals surface area contributed by atoms with E-state index in [1.807, 2.05) is 13.8 Å². The minimum Gasteiger partial charge on any atom is -0.228 e. The molecule has 80 valence electrons. The maximum Gasteiger partial charge on any atom is 0.187 e. The second-order valence-electron chi connectivity index (χ2n) is 3.46. The van der Waals surface area contributed by atoms with E-state index in [-0.39, 0.29) is 0 Å². The molecule has 15 heavy (non-hydrogen) atoms. The number of unbranched alkanes of at least 4 members (excludes halogenated alkanes) is 1. The summed E-state index contributed by atoms with van der Waals surface area (Å²) >= 11 is 1.68. The second kappa shape index (κ2) is 5.77. The first kappa shape index (κ1) is 12.1. The fraction of sp³-hybridized carbons (Fsp3) is 0.500. The summed E-state index contributed by atoms with van der Waals surface area (Å²) in [6.07, 6.45) is 7.04. The molecule has 0 bridgehead atoms. The molecular weight excluding hydrogens is 204 g/mol. The van der Waals surface area contributed by atoms with Crippen LogP contribution in [0.4, 0.5) is 0 Å². The Labute approximate surface area is 95.9 Å². The fourth-order valence-electron chi connectivity index (χ4n) is 1.14. The number of hydrogen-bond donors (Lipinski definition) is 0. The molecule has 0 spiro atoms. The van der Waals surface area contributed by atoms with Crippen molar-refractivity contribution >= 4 is 11.8 Å². The van der Waals surface area contributed by atoms with Crippen molar-refractivity contribution in [3.05, 3.63) is 17.0 Å². The zero-order valence-corrected chi connectivity index (χ0v) is 10.3. The summed E-state index contributed by atoms with van der Waals surface area (Å²) < 4.78 is 0. The Bertz CT molecular complexity index is 357. The van der Waals surface area contributed by atoms with Gasteiger partial charge in [0.05, 0.1) is 0 Å². The predicted molar refractivity (Wildman–Crippen MR) is 65.0 cm³/mol. The molecule has 0 N–H and O–H groups in total. The van der Waals surface area contributed by atoms with Gasteiger partial charge in [-0.1, -0.05) is 11.8 Å². The number of terminal acetylenes is 1. The highest BCUT2D eigenvalue weighted by atomic mass is 32.2. The van der Waals surface area contributed by atoms with E-state index < -0.39 is 0 Å². The maximum atomic E-state index is 5.19. The third kappa shape index (κ3) is 3.56. The second-order valence-corrected chi connectivity index (χ2v) is 4.52. The summed E-state index contributed by atoms with van der Waals surface area (Å²) in [4.78, 5) is 8.86. The molecule has 0 saturated carbocycles. The van der Waals surface area contributed by atoms with Gasteiger partial charge in [-0.2, -0.15) is 0 Å². The lowest BCUT2D eigenvalue weighted by atomic mass is 10.2. The highest BCUT2D eigenvalue weighted by molar-refractivity contribution is 7.99. The van der Waals surface area contributed by atoms with Gasteiger partial charge in [0.2, 0.25) is 0 Å². The van der Waals surface area contributed by atoms with Gasteiger partial charge in [-0.15, -0.1) is 12.3 Å². The van der Waals surface area contributed by atoms with Crippen molar-refractivity contribution in [2.24, 2.45) is 0 Å². The molecule has 1 rings (SSSR count). The van der Waals surface area contributed by atoms with Gasteiger partial charge in [0, 0.05) is 23.6 Å². The van der Waals surface area contributed by atoms with Gasteiger partial charge in [0.15, 0.2) is 5.16 Å². The largest absolute Gasteiger partial charge is 0.228 e. The van der Waals surface area contributed by atoms with Gasteiger partial charge in [-0.05, 0) is 32.8 Å². The maximum absolute atomic E-state index is 5.19. The van der Waals surface area contributed by atoms with Crippen LogP contribution >= 0.6 is 11.8 Å². The van der Waals surface area contributed by atoms with Gasteiger partial charge in [-0.25, -0.2) is 9.97 Å². The van der Waals surface area contributed by atoms with Crippen molar-refractivity contribution < 1.29 is 0 Å².